The number of hydrogen-bond donors (Lipinski definition) is 1. The largest absolute Gasteiger partial charge is 0.478 e. The summed E-state index contributed by atoms with van der Waals surface area (Å²) < 4.78 is 5.83. The highest BCUT2D eigenvalue weighted by molar-refractivity contribution is 5.92. The van der Waals surface area contributed by atoms with Crippen LogP contribution in [0, 0.1) is 6.92 Å². The molecule has 1 amide bonds. The summed E-state index contributed by atoms with van der Waals surface area (Å²) in [5, 5.41) is 1.17. The van der Waals surface area contributed by atoms with Gasteiger partial charge >= 0.3 is 0 Å². The van der Waals surface area contributed by atoms with Crippen molar-refractivity contribution in [1.82, 2.24) is 9.88 Å². The maximum atomic E-state index is 11.9. The van der Waals surface area contributed by atoms with Crippen molar-refractivity contribution in [3.8, 4) is 5.88 Å². The highest BCUT2D eigenvalue weighted by Gasteiger charge is 2.21. The zero-order valence-electron chi connectivity index (χ0n) is 17.2. The molecule has 0 unspecified atom stereocenters. The van der Waals surface area contributed by atoms with Gasteiger partial charge in [0.2, 0.25) is 11.8 Å². The molecule has 2 aromatic rings. The maximum absolute atomic E-state index is 11.9. The van der Waals surface area contributed by atoms with Crippen LogP contribution in [0.1, 0.15) is 47.9 Å². The third kappa shape index (κ3) is 4.77. The number of pyridine rings is 1. The van der Waals surface area contributed by atoms with Gasteiger partial charge in [-0.15, -0.1) is 0 Å². The van der Waals surface area contributed by atoms with Crippen molar-refractivity contribution in [3.05, 3.63) is 52.6 Å². The van der Waals surface area contributed by atoms with E-state index >= 15 is 0 Å². The van der Waals surface area contributed by atoms with E-state index in [1.54, 1.807) is 0 Å². The fraction of sp³-hybridized carbons (Fsp3) is 0.478. The van der Waals surface area contributed by atoms with Gasteiger partial charge in [0.1, 0.15) is 0 Å². The van der Waals surface area contributed by atoms with Crippen LogP contribution in [0.25, 0.3) is 0 Å². The lowest BCUT2D eigenvalue weighted by molar-refractivity contribution is -0.118. The monoisotopic (exact) mass is 394 g/mol. The van der Waals surface area contributed by atoms with Gasteiger partial charge in [0.25, 0.3) is 0 Å². The predicted molar refractivity (Wildman–Crippen MR) is 114 cm³/mol. The van der Waals surface area contributed by atoms with Crippen LogP contribution in [0.4, 0.5) is 5.82 Å². The second kappa shape index (κ2) is 8.93. The maximum Gasteiger partial charge on any atom is 0.242 e. The third-order valence-corrected chi connectivity index (χ3v) is 5.84. The molecular formula is C23H30N4O2. The Kier molecular flexibility index (Phi) is 6.11. The SMILES string of the molecule is Cc1ccc2c(c1)CCN(CCCCOc1ccc3c(n1)N(N)C(=O)CCC3)C2. The molecule has 0 aliphatic carbocycles. The fourth-order valence-corrected chi connectivity index (χ4v) is 4.16. The van der Waals surface area contributed by atoms with E-state index in [1.165, 1.54) is 21.7 Å². The first-order valence-electron chi connectivity index (χ1n) is 10.6. The number of aryl methyl sites for hydroxylation is 2. The molecule has 29 heavy (non-hydrogen) atoms. The van der Waals surface area contributed by atoms with Gasteiger partial charge in [0, 0.05) is 25.6 Å². The van der Waals surface area contributed by atoms with Crippen molar-refractivity contribution < 1.29 is 9.53 Å². The van der Waals surface area contributed by atoms with Crippen LogP contribution in [-0.2, 0) is 24.2 Å². The number of nitrogens with zero attached hydrogens (tertiary/aromatic N) is 3. The minimum Gasteiger partial charge on any atom is -0.478 e. The number of hydrogen-bond acceptors (Lipinski definition) is 5. The minimum absolute atomic E-state index is 0.0911. The second-order valence-corrected chi connectivity index (χ2v) is 8.10. The molecule has 1 aromatic carbocycles. The van der Waals surface area contributed by atoms with Gasteiger partial charge in [-0.1, -0.05) is 23.8 Å². The summed E-state index contributed by atoms with van der Waals surface area (Å²) >= 11 is 0. The number of unbranched alkanes of at least 4 members (excludes halogenated alkanes) is 1. The molecule has 0 saturated carbocycles. The number of ether oxygens (including phenoxy) is 1. The average molecular weight is 395 g/mol. The first-order chi connectivity index (χ1) is 14.1. The molecule has 0 spiro atoms. The number of aromatic nitrogens is 1. The molecule has 0 bridgehead atoms. The number of nitrogens with two attached hydrogens (primary N) is 1. The molecule has 0 atom stereocenters. The topological polar surface area (TPSA) is 71.7 Å². The quantitative estimate of drug-likeness (QED) is 0.463. The van der Waals surface area contributed by atoms with E-state index in [9.17, 15) is 4.79 Å². The highest BCUT2D eigenvalue weighted by Crippen LogP contribution is 2.25. The van der Waals surface area contributed by atoms with Gasteiger partial charge in [0.15, 0.2) is 5.82 Å². The van der Waals surface area contributed by atoms with Crippen LogP contribution in [0.2, 0.25) is 0 Å². The van der Waals surface area contributed by atoms with Gasteiger partial charge in [0.05, 0.1) is 6.61 Å². The molecule has 1 aromatic heterocycles. The van der Waals surface area contributed by atoms with Gasteiger partial charge in [-0.2, -0.15) is 4.98 Å². The smallest absolute Gasteiger partial charge is 0.242 e. The van der Waals surface area contributed by atoms with Crippen LogP contribution in [-0.4, -0.2) is 35.5 Å². The summed E-state index contributed by atoms with van der Waals surface area (Å²) in [6.45, 7) is 6.04. The van der Waals surface area contributed by atoms with E-state index < -0.39 is 0 Å². The molecule has 154 valence electrons. The van der Waals surface area contributed by atoms with E-state index in [0.717, 1.165) is 57.3 Å². The summed E-state index contributed by atoms with van der Waals surface area (Å²) in [5.74, 6) is 6.90. The molecule has 6 nitrogen and oxygen atoms in total. The molecular weight excluding hydrogens is 364 g/mol. The Morgan fingerprint density at radius 1 is 1.07 bits per heavy atom. The third-order valence-electron chi connectivity index (χ3n) is 5.84. The molecule has 2 aliphatic heterocycles. The Hall–Kier alpha value is -2.44. The first-order valence-corrected chi connectivity index (χ1v) is 10.6. The molecule has 0 radical (unpaired) electrons. The number of carbonyl (C=O) groups is 1. The molecule has 2 aliphatic rings. The lowest BCUT2D eigenvalue weighted by Crippen LogP contribution is -2.37. The van der Waals surface area contributed by atoms with E-state index in [0.29, 0.717) is 24.7 Å². The van der Waals surface area contributed by atoms with Crippen LogP contribution in [0.15, 0.2) is 30.3 Å². The fourth-order valence-electron chi connectivity index (χ4n) is 4.16. The van der Waals surface area contributed by atoms with Gasteiger partial charge in [-0.05, 0) is 68.3 Å². The van der Waals surface area contributed by atoms with Crippen molar-refractivity contribution >= 4 is 11.7 Å². The van der Waals surface area contributed by atoms with Gasteiger partial charge < -0.3 is 4.74 Å². The Balaban J connectivity index is 1.23. The van der Waals surface area contributed by atoms with Crippen molar-refractivity contribution in [3.63, 3.8) is 0 Å². The number of hydrazine groups is 1. The zero-order chi connectivity index (χ0) is 20.2. The molecule has 6 heteroatoms. The molecule has 3 heterocycles. The summed E-state index contributed by atoms with van der Waals surface area (Å²) in [4.78, 5) is 18.9. The summed E-state index contributed by atoms with van der Waals surface area (Å²) in [6.07, 6.45) is 5.29. The number of amides is 1. The van der Waals surface area contributed by atoms with E-state index in [2.05, 4.69) is 35.0 Å². The van der Waals surface area contributed by atoms with Gasteiger partial charge in [-0.25, -0.2) is 10.9 Å². The summed E-state index contributed by atoms with van der Waals surface area (Å²) in [5.41, 5.74) is 5.33. The van der Waals surface area contributed by atoms with Crippen LogP contribution in [0.5, 0.6) is 5.88 Å². The Morgan fingerprint density at radius 2 is 1.93 bits per heavy atom. The Bertz CT molecular complexity index is 883. The lowest BCUT2D eigenvalue weighted by Gasteiger charge is -2.29. The lowest BCUT2D eigenvalue weighted by atomic mass is 9.97. The Morgan fingerprint density at radius 3 is 2.83 bits per heavy atom. The number of rotatable bonds is 6. The zero-order valence-corrected chi connectivity index (χ0v) is 17.2. The predicted octanol–water partition coefficient (Wildman–Crippen LogP) is 3.15. The number of anilines is 1. The number of fused-ring (bicyclic) bond motifs is 2. The second-order valence-electron chi connectivity index (χ2n) is 8.10. The van der Waals surface area contributed by atoms with E-state index in [4.69, 9.17) is 10.6 Å². The molecule has 0 fully saturated rings. The normalized spacial score (nSPS) is 16.9. The average Bonchev–Trinajstić information content (AvgIpc) is 2.86. The standard InChI is InChI=1S/C23H30N4O2/c1-17-7-8-20-16-26(13-11-19(20)15-17)12-2-3-14-29-21-10-9-18-5-4-6-22(28)27(24)23(18)25-21/h7-10,15H,2-6,11-14,16,24H2,1H3. The molecule has 4 rings (SSSR count). The van der Waals surface area contributed by atoms with E-state index in [-0.39, 0.29) is 5.91 Å². The molecule has 0 saturated heterocycles. The van der Waals surface area contributed by atoms with Crippen molar-refractivity contribution in [2.45, 2.75) is 52.0 Å². The van der Waals surface area contributed by atoms with Crippen LogP contribution >= 0.6 is 0 Å². The summed E-state index contributed by atoms with van der Waals surface area (Å²) in [7, 11) is 0. The van der Waals surface area contributed by atoms with Crippen molar-refractivity contribution in [1.29, 1.82) is 0 Å². The number of benzene rings is 1. The minimum atomic E-state index is -0.0911. The van der Waals surface area contributed by atoms with Crippen molar-refractivity contribution in [2.24, 2.45) is 5.84 Å². The van der Waals surface area contributed by atoms with Crippen molar-refractivity contribution in [2.75, 3.05) is 24.7 Å². The molecule has 2 N–H and O–H groups in total. The van der Waals surface area contributed by atoms with Crippen LogP contribution in [0.3, 0.4) is 0 Å². The first kappa shape index (κ1) is 19.9. The highest BCUT2D eigenvalue weighted by atomic mass is 16.5. The van der Waals surface area contributed by atoms with Crippen LogP contribution < -0.4 is 15.6 Å². The number of carbonyl (C=O) groups excluding carboxylic acids is 1. The van der Waals surface area contributed by atoms with Gasteiger partial charge in [-0.3, -0.25) is 9.69 Å². The Labute approximate surface area is 172 Å². The summed E-state index contributed by atoms with van der Waals surface area (Å²) in [6, 6.07) is 10.7. The van der Waals surface area contributed by atoms with E-state index in [1.807, 2.05) is 12.1 Å².